The fourth-order valence-electron chi connectivity index (χ4n) is 3.07. The van der Waals surface area contributed by atoms with Gasteiger partial charge in [-0.1, -0.05) is 30.3 Å². The van der Waals surface area contributed by atoms with E-state index in [4.69, 9.17) is 4.74 Å². The molecule has 1 heterocycles. The number of fused-ring (bicyclic) bond motifs is 1. The highest BCUT2D eigenvalue weighted by Gasteiger charge is 2.35. The molecular formula is C19H19NO4. The van der Waals surface area contributed by atoms with Crippen LogP contribution in [0.2, 0.25) is 0 Å². The van der Waals surface area contributed by atoms with Crippen LogP contribution >= 0.6 is 0 Å². The minimum atomic E-state index is -0.898. The number of benzene rings is 2. The lowest BCUT2D eigenvalue weighted by molar-refractivity contribution is -0.138. The number of amides is 1. The lowest BCUT2D eigenvalue weighted by Gasteiger charge is -2.17. The van der Waals surface area contributed by atoms with E-state index in [1.54, 1.807) is 24.1 Å². The Morgan fingerprint density at radius 1 is 1.21 bits per heavy atom. The van der Waals surface area contributed by atoms with E-state index in [0.29, 0.717) is 24.1 Å². The number of carboxylic acids is 1. The van der Waals surface area contributed by atoms with E-state index in [-0.39, 0.29) is 12.5 Å². The number of rotatable bonds is 5. The maximum absolute atomic E-state index is 12.6. The third kappa shape index (κ3) is 3.11. The molecule has 0 unspecified atom stereocenters. The third-order valence-electron chi connectivity index (χ3n) is 4.33. The van der Waals surface area contributed by atoms with Crippen LogP contribution in [-0.2, 0) is 16.0 Å². The normalized spacial score (nSPS) is 15.9. The Kier molecular flexibility index (Phi) is 4.51. The van der Waals surface area contributed by atoms with E-state index in [1.165, 1.54) is 0 Å². The van der Waals surface area contributed by atoms with E-state index in [2.05, 4.69) is 0 Å². The van der Waals surface area contributed by atoms with Gasteiger partial charge in [0.05, 0.1) is 7.11 Å². The highest BCUT2D eigenvalue weighted by atomic mass is 16.5. The number of aliphatic carboxylic acids is 1. The SMILES string of the molecule is COc1cccc(CCC(=O)N2C[C@@H](C(=O)O)c3ccccc32)c1. The Balaban J connectivity index is 1.72. The second kappa shape index (κ2) is 6.74. The first-order chi connectivity index (χ1) is 11.6. The van der Waals surface area contributed by atoms with Gasteiger partial charge < -0.3 is 14.7 Å². The molecule has 1 N–H and O–H groups in total. The molecule has 1 atom stereocenters. The number of para-hydroxylation sites is 1. The van der Waals surface area contributed by atoms with Gasteiger partial charge in [-0.3, -0.25) is 9.59 Å². The predicted octanol–water partition coefficient (Wildman–Crippen LogP) is 2.84. The highest BCUT2D eigenvalue weighted by Crippen LogP contribution is 2.36. The van der Waals surface area contributed by atoms with Crippen molar-refractivity contribution in [3.63, 3.8) is 0 Å². The van der Waals surface area contributed by atoms with Crippen molar-refractivity contribution in [3.05, 3.63) is 59.7 Å². The summed E-state index contributed by atoms with van der Waals surface area (Å²) in [6, 6.07) is 14.8. The number of nitrogens with zero attached hydrogens (tertiary/aromatic N) is 1. The Hall–Kier alpha value is -2.82. The van der Waals surface area contributed by atoms with Gasteiger partial charge in [-0.2, -0.15) is 0 Å². The predicted molar refractivity (Wildman–Crippen MR) is 90.5 cm³/mol. The van der Waals surface area contributed by atoms with Crippen molar-refractivity contribution in [2.75, 3.05) is 18.6 Å². The molecule has 0 bridgehead atoms. The zero-order chi connectivity index (χ0) is 17.1. The second-order valence-corrected chi connectivity index (χ2v) is 5.81. The van der Waals surface area contributed by atoms with E-state index in [0.717, 1.165) is 11.3 Å². The quantitative estimate of drug-likeness (QED) is 0.918. The first-order valence-electron chi connectivity index (χ1n) is 7.85. The Morgan fingerprint density at radius 2 is 2.00 bits per heavy atom. The largest absolute Gasteiger partial charge is 0.497 e. The number of carbonyl (C=O) groups is 2. The first-order valence-corrected chi connectivity index (χ1v) is 7.85. The van der Waals surface area contributed by atoms with E-state index >= 15 is 0 Å². The van der Waals surface area contributed by atoms with Gasteiger partial charge in [0.25, 0.3) is 0 Å². The van der Waals surface area contributed by atoms with Crippen molar-refractivity contribution in [3.8, 4) is 5.75 Å². The number of hydrogen-bond acceptors (Lipinski definition) is 3. The van der Waals surface area contributed by atoms with Crippen LogP contribution < -0.4 is 9.64 Å². The number of carbonyl (C=O) groups excluding carboxylic acids is 1. The van der Waals surface area contributed by atoms with Gasteiger partial charge >= 0.3 is 5.97 Å². The summed E-state index contributed by atoms with van der Waals surface area (Å²) in [5.74, 6) is -0.848. The van der Waals surface area contributed by atoms with Crippen molar-refractivity contribution in [1.29, 1.82) is 0 Å². The van der Waals surface area contributed by atoms with E-state index in [1.807, 2.05) is 36.4 Å². The molecule has 0 aromatic heterocycles. The smallest absolute Gasteiger partial charge is 0.312 e. The zero-order valence-corrected chi connectivity index (χ0v) is 13.4. The maximum atomic E-state index is 12.6. The average Bonchev–Trinajstić information content (AvgIpc) is 3.00. The summed E-state index contributed by atoms with van der Waals surface area (Å²) in [5, 5.41) is 9.37. The maximum Gasteiger partial charge on any atom is 0.312 e. The molecule has 24 heavy (non-hydrogen) atoms. The van der Waals surface area contributed by atoms with Gasteiger partial charge in [-0.15, -0.1) is 0 Å². The third-order valence-corrected chi connectivity index (χ3v) is 4.33. The van der Waals surface area contributed by atoms with Gasteiger partial charge in [-0.25, -0.2) is 0 Å². The summed E-state index contributed by atoms with van der Waals surface area (Å²) >= 11 is 0. The molecule has 0 aliphatic carbocycles. The lowest BCUT2D eigenvalue weighted by atomic mass is 10.0. The van der Waals surface area contributed by atoms with E-state index in [9.17, 15) is 14.7 Å². The zero-order valence-electron chi connectivity index (χ0n) is 13.4. The van der Waals surface area contributed by atoms with Crippen molar-refractivity contribution < 1.29 is 19.4 Å². The lowest BCUT2D eigenvalue weighted by Crippen LogP contribution is -2.31. The number of ether oxygens (including phenoxy) is 1. The van der Waals surface area contributed by atoms with Crippen LogP contribution in [0.1, 0.15) is 23.5 Å². The topological polar surface area (TPSA) is 66.8 Å². The monoisotopic (exact) mass is 325 g/mol. The summed E-state index contributed by atoms with van der Waals surface area (Å²) < 4.78 is 5.19. The molecule has 124 valence electrons. The molecule has 0 radical (unpaired) electrons. The van der Waals surface area contributed by atoms with Gasteiger partial charge in [-0.05, 0) is 35.7 Å². The molecule has 1 aliphatic heterocycles. The van der Waals surface area contributed by atoms with Crippen LogP contribution in [0, 0.1) is 0 Å². The molecule has 2 aromatic carbocycles. The fourth-order valence-corrected chi connectivity index (χ4v) is 3.07. The Labute approximate surface area is 140 Å². The molecular weight excluding hydrogens is 306 g/mol. The van der Waals surface area contributed by atoms with Crippen molar-refractivity contribution in [2.24, 2.45) is 0 Å². The van der Waals surface area contributed by atoms with Crippen molar-refractivity contribution in [1.82, 2.24) is 0 Å². The molecule has 3 rings (SSSR count). The molecule has 0 saturated heterocycles. The van der Waals surface area contributed by atoms with Crippen LogP contribution in [0.25, 0.3) is 0 Å². The summed E-state index contributed by atoms with van der Waals surface area (Å²) in [6.07, 6.45) is 0.917. The molecule has 1 amide bonds. The highest BCUT2D eigenvalue weighted by molar-refractivity contribution is 5.99. The van der Waals surface area contributed by atoms with E-state index < -0.39 is 11.9 Å². The molecule has 5 nitrogen and oxygen atoms in total. The number of carboxylic acid groups (broad SMARTS) is 1. The minimum Gasteiger partial charge on any atom is -0.497 e. The summed E-state index contributed by atoms with van der Waals surface area (Å²) in [5.41, 5.74) is 2.44. The second-order valence-electron chi connectivity index (χ2n) is 5.81. The molecule has 2 aromatic rings. The van der Waals surface area contributed by atoms with Crippen LogP contribution in [0.3, 0.4) is 0 Å². The summed E-state index contributed by atoms with van der Waals surface area (Å²) in [7, 11) is 1.61. The Morgan fingerprint density at radius 3 is 2.75 bits per heavy atom. The number of methoxy groups -OCH3 is 1. The number of hydrogen-bond donors (Lipinski definition) is 1. The first kappa shape index (κ1) is 16.1. The summed E-state index contributed by atoms with van der Waals surface area (Å²) in [6.45, 7) is 0.200. The Bertz CT molecular complexity index is 771. The molecule has 0 fully saturated rings. The van der Waals surface area contributed by atoms with Gasteiger partial charge in [0.2, 0.25) is 5.91 Å². The summed E-state index contributed by atoms with van der Waals surface area (Å²) in [4.78, 5) is 25.6. The van der Waals surface area contributed by atoms with Crippen LogP contribution in [0.15, 0.2) is 48.5 Å². The average molecular weight is 325 g/mol. The van der Waals surface area contributed by atoms with Gasteiger partial charge in [0.1, 0.15) is 11.7 Å². The van der Waals surface area contributed by atoms with Crippen LogP contribution in [0.4, 0.5) is 5.69 Å². The van der Waals surface area contributed by atoms with Crippen molar-refractivity contribution in [2.45, 2.75) is 18.8 Å². The van der Waals surface area contributed by atoms with Gasteiger partial charge in [0, 0.05) is 18.7 Å². The van der Waals surface area contributed by atoms with Crippen molar-refractivity contribution >= 4 is 17.6 Å². The minimum absolute atomic E-state index is 0.0611. The van der Waals surface area contributed by atoms with Crippen LogP contribution in [0.5, 0.6) is 5.75 Å². The number of aryl methyl sites for hydroxylation is 1. The number of anilines is 1. The molecule has 0 spiro atoms. The molecule has 1 aliphatic rings. The molecule has 5 heteroatoms. The standard InChI is InChI=1S/C19H19NO4/c1-24-14-6-4-5-13(11-14)9-10-18(21)20-12-16(19(22)23)15-7-2-3-8-17(15)20/h2-8,11,16H,9-10,12H2,1H3,(H,22,23)/t16-/m1/s1. The fraction of sp³-hybridized carbons (Fsp3) is 0.263. The van der Waals surface area contributed by atoms with Gasteiger partial charge in [0.15, 0.2) is 0 Å². The van der Waals surface area contributed by atoms with Crippen LogP contribution in [-0.4, -0.2) is 30.6 Å². The molecule has 0 saturated carbocycles.